The molecule has 0 aliphatic rings. The van der Waals surface area contributed by atoms with Crippen LogP contribution in [0.5, 0.6) is 0 Å². The lowest BCUT2D eigenvalue weighted by atomic mass is 10.0. The number of unbranched alkanes of at least 4 members (excludes halogenated alkanes) is 3. The van der Waals surface area contributed by atoms with Crippen LogP contribution in [0.25, 0.3) is 0 Å². The lowest BCUT2D eigenvalue weighted by molar-refractivity contribution is -0.137. The maximum absolute atomic E-state index is 9.76. The summed E-state index contributed by atoms with van der Waals surface area (Å²) in [6, 6.07) is 0. The van der Waals surface area contributed by atoms with Crippen molar-refractivity contribution in [3.05, 3.63) is 0 Å². The maximum Gasteiger partial charge on any atom is 0.505 e. The molecule has 0 fully saturated rings. The van der Waals surface area contributed by atoms with E-state index in [1.807, 2.05) is 13.8 Å². The molecule has 6 heteroatoms. The Bertz CT molecular complexity index is 264. The molecule has 0 rings (SSSR count). The first-order valence-corrected chi connectivity index (χ1v) is 9.07. The van der Waals surface area contributed by atoms with Crippen LogP contribution in [-0.2, 0) is 9.53 Å². The van der Waals surface area contributed by atoms with Gasteiger partial charge in [-0.25, -0.2) is 4.79 Å². The molecule has 1 unspecified atom stereocenters. The van der Waals surface area contributed by atoms with E-state index in [1.165, 1.54) is 19.3 Å². The van der Waals surface area contributed by atoms with Crippen LogP contribution in [0.4, 0.5) is 4.79 Å². The van der Waals surface area contributed by atoms with Gasteiger partial charge in [-0.05, 0) is 25.2 Å². The molecule has 0 bridgehead atoms. The molecule has 0 heterocycles. The highest BCUT2D eigenvalue weighted by atomic mass is 16.7. The van der Waals surface area contributed by atoms with Crippen LogP contribution >= 0.6 is 0 Å². The molecule has 0 aliphatic carbocycles. The third-order valence-corrected chi connectivity index (χ3v) is 3.27. The minimum Gasteiger partial charge on any atom is -0.481 e. The summed E-state index contributed by atoms with van der Waals surface area (Å²) in [7, 11) is 0. The molecule has 0 amide bonds. The highest BCUT2D eigenvalue weighted by Crippen LogP contribution is 2.10. The van der Waals surface area contributed by atoms with Gasteiger partial charge in [0.15, 0.2) is 0 Å². The lowest BCUT2D eigenvalue weighted by Gasteiger charge is -2.08. The monoisotopic (exact) mass is 350 g/mol. The van der Waals surface area contributed by atoms with Gasteiger partial charge in [-0.15, -0.1) is 0 Å². The molecule has 0 aromatic carbocycles. The lowest BCUT2D eigenvalue weighted by Crippen LogP contribution is -2.03. The summed E-state index contributed by atoms with van der Waals surface area (Å²) in [5.74, 6) is -0.133. The van der Waals surface area contributed by atoms with Crippen molar-refractivity contribution in [3.8, 4) is 0 Å². The van der Waals surface area contributed by atoms with Gasteiger partial charge in [-0.3, -0.25) is 4.79 Å². The normalized spacial score (nSPS) is 10.5. The van der Waals surface area contributed by atoms with Crippen molar-refractivity contribution < 1.29 is 29.6 Å². The van der Waals surface area contributed by atoms with Gasteiger partial charge < -0.3 is 20.1 Å². The van der Waals surface area contributed by atoms with Crippen LogP contribution in [-0.4, -0.2) is 40.7 Å². The number of ether oxygens (including phenoxy) is 1. The van der Waals surface area contributed by atoms with Crippen molar-refractivity contribution in [2.45, 2.75) is 85.5 Å². The number of carboxylic acids is 1. The summed E-state index contributed by atoms with van der Waals surface area (Å²) in [6.07, 6.45) is 7.51. The van der Waals surface area contributed by atoms with Crippen LogP contribution in [0.1, 0.15) is 85.5 Å². The first kappa shape index (κ1) is 27.5. The Morgan fingerprint density at radius 2 is 1.46 bits per heavy atom. The Kier molecular flexibility index (Phi) is 27.5. The molecule has 1 atom stereocenters. The summed E-state index contributed by atoms with van der Waals surface area (Å²) in [4.78, 5) is 19.4. The van der Waals surface area contributed by atoms with Gasteiger partial charge in [-0.2, -0.15) is 0 Å². The van der Waals surface area contributed by atoms with Crippen molar-refractivity contribution in [1.82, 2.24) is 0 Å². The number of hydrogen-bond donors (Lipinski definition) is 3. The quantitative estimate of drug-likeness (QED) is 0.360. The fraction of sp³-hybridized carbons (Fsp3) is 0.889. The van der Waals surface area contributed by atoms with Gasteiger partial charge in [0, 0.05) is 13.0 Å². The van der Waals surface area contributed by atoms with E-state index in [0.29, 0.717) is 25.6 Å². The van der Waals surface area contributed by atoms with Crippen LogP contribution in [0.3, 0.4) is 0 Å². The minimum absolute atomic E-state index is 0.316. The number of rotatable bonds is 11. The van der Waals surface area contributed by atoms with E-state index in [9.17, 15) is 9.59 Å². The van der Waals surface area contributed by atoms with Gasteiger partial charge in [-0.1, -0.05) is 59.8 Å². The molecular formula is C18H38O6. The molecule has 0 aliphatic heterocycles. The first-order chi connectivity index (χ1) is 11.4. The minimum atomic E-state index is -1.18. The number of hydrogen-bond acceptors (Lipinski definition) is 4. The van der Waals surface area contributed by atoms with Crippen LogP contribution < -0.4 is 0 Å². The zero-order valence-electron chi connectivity index (χ0n) is 15.9. The average molecular weight is 350 g/mol. The second kappa shape index (κ2) is 24.0. The molecular weight excluding hydrogens is 312 g/mol. The van der Waals surface area contributed by atoms with Crippen molar-refractivity contribution >= 4 is 12.1 Å². The van der Waals surface area contributed by atoms with E-state index < -0.39 is 12.1 Å². The molecule has 0 aromatic heterocycles. The molecule has 24 heavy (non-hydrogen) atoms. The highest BCUT2D eigenvalue weighted by molar-refractivity contribution is 5.66. The fourth-order valence-electron chi connectivity index (χ4n) is 1.55. The number of carbonyl (C=O) groups is 2. The van der Waals surface area contributed by atoms with Crippen LogP contribution in [0.2, 0.25) is 0 Å². The highest BCUT2D eigenvalue weighted by Gasteiger charge is 2.01. The van der Waals surface area contributed by atoms with Gasteiger partial charge in [0.1, 0.15) is 0 Å². The molecule has 0 spiro atoms. The summed E-state index contributed by atoms with van der Waals surface area (Å²) in [5, 5.41) is 24.7. The Morgan fingerprint density at radius 3 is 1.75 bits per heavy atom. The Balaban J connectivity index is -0.000000278. The molecule has 146 valence electrons. The predicted molar refractivity (Wildman–Crippen MR) is 96.4 cm³/mol. The summed E-state index contributed by atoms with van der Waals surface area (Å²) in [5.41, 5.74) is 0. The maximum atomic E-state index is 9.76. The van der Waals surface area contributed by atoms with E-state index in [-0.39, 0.29) is 0 Å². The van der Waals surface area contributed by atoms with E-state index >= 15 is 0 Å². The standard InChI is InChI=1S/C8H18O.C5H10O3.C5H10O2/c1-3-5-6-8(4-2)7-9;1-2-3-4-8-5(6)7;1-2-3-4-5(6)7/h8-9H,3-7H2,1-2H3;2-4H2,1H3,(H,6,7);2-4H2,1H3,(H,6,7). The topological polar surface area (TPSA) is 104 Å². The molecule has 0 aromatic rings. The van der Waals surface area contributed by atoms with Crippen LogP contribution in [0, 0.1) is 5.92 Å². The molecule has 0 saturated carbocycles. The largest absolute Gasteiger partial charge is 0.505 e. The van der Waals surface area contributed by atoms with Crippen molar-refractivity contribution in [3.63, 3.8) is 0 Å². The van der Waals surface area contributed by atoms with E-state index in [0.717, 1.165) is 32.1 Å². The summed E-state index contributed by atoms with van der Waals surface area (Å²) >= 11 is 0. The Labute approximate surface area is 147 Å². The second-order valence-corrected chi connectivity index (χ2v) is 5.56. The average Bonchev–Trinajstić information content (AvgIpc) is 2.55. The van der Waals surface area contributed by atoms with E-state index in [2.05, 4.69) is 18.6 Å². The van der Waals surface area contributed by atoms with Gasteiger partial charge >= 0.3 is 12.1 Å². The summed E-state index contributed by atoms with van der Waals surface area (Å²) in [6.45, 7) is 8.97. The Hall–Kier alpha value is -1.30. The summed E-state index contributed by atoms with van der Waals surface area (Å²) < 4.78 is 4.20. The number of carboxylic acid groups (broad SMARTS) is 2. The second-order valence-electron chi connectivity index (χ2n) is 5.56. The smallest absolute Gasteiger partial charge is 0.481 e. The first-order valence-electron chi connectivity index (χ1n) is 9.07. The fourth-order valence-corrected chi connectivity index (χ4v) is 1.55. The molecule has 0 saturated heterocycles. The van der Waals surface area contributed by atoms with Gasteiger partial charge in [0.25, 0.3) is 0 Å². The van der Waals surface area contributed by atoms with E-state index in [4.69, 9.17) is 15.3 Å². The van der Waals surface area contributed by atoms with Crippen molar-refractivity contribution in [1.29, 1.82) is 0 Å². The van der Waals surface area contributed by atoms with Gasteiger partial charge in [0.2, 0.25) is 0 Å². The zero-order chi connectivity index (χ0) is 19.2. The molecule has 0 radical (unpaired) electrons. The van der Waals surface area contributed by atoms with Gasteiger partial charge in [0.05, 0.1) is 6.61 Å². The molecule has 3 N–H and O–H groups in total. The third-order valence-electron chi connectivity index (χ3n) is 3.27. The van der Waals surface area contributed by atoms with Crippen molar-refractivity contribution in [2.75, 3.05) is 13.2 Å². The predicted octanol–water partition coefficient (Wildman–Crippen LogP) is 4.94. The third kappa shape index (κ3) is 32.6. The van der Waals surface area contributed by atoms with Crippen LogP contribution in [0.15, 0.2) is 0 Å². The zero-order valence-corrected chi connectivity index (χ0v) is 15.9. The molecule has 6 nitrogen and oxygen atoms in total. The number of aliphatic carboxylic acids is 1. The Morgan fingerprint density at radius 1 is 0.917 bits per heavy atom. The number of aliphatic hydroxyl groups excluding tert-OH is 1. The van der Waals surface area contributed by atoms with E-state index in [1.54, 1.807) is 0 Å². The SMILES string of the molecule is CCCCC(=O)O.CCCCC(CC)CO.CCCCOC(=O)O. The number of aliphatic hydroxyl groups is 1. The van der Waals surface area contributed by atoms with Crippen molar-refractivity contribution in [2.24, 2.45) is 5.92 Å².